The van der Waals surface area contributed by atoms with Gasteiger partial charge in [-0.3, -0.25) is 4.57 Å². The second kappa shape index (κ2) is 5.14. The van der Waals surface area contributed by atoms with Crippen molar-refractivity contribution in [2.45, 2.75) is 0 Å². The van der Waals surface area contributed by atoms with Crippen LogP contribution in [0.15, 0.2) is 36.4 Å². The van der Waals surface area contributed by atoms with Gasteiger partial charge < -0.3 is 10.5 Å². The van der Waals surface area contributed by atoms with Crippen molar-refractivity contribution < 1.29 is 4.74 Å². The zero-order valence-electron chi connectivity index (χ0n) is 10.6. The van der Waals surface area contributed by atoms with Crippen molar-refractivity contribution >= 4 is 51.2 Å². The van der Waals surface area contributed by atoms with Crippen LogP contribution in [-0.4, -0.2) is 16.7 Å². The highest BCUT2D eigenvalue weighted by atomic mass is 127. The Bertz CT molecular complexity index is 800. The summed E-state index contributed by atoms with van der Waals surface area (Å²) in [6, 6.07) is 11.3. The van der Waals surface area contributed by atoms with Gasteiger partial charge in [0.1, 0.15) is 5.75 Å². The zero-order chi connectivity index (χ0) is 14.3. The van der Waals surface area contributed by atoms with E-state index in [0.717, 1.165) is 26.0 Å². The maximum absolute atomic E-state index is 6.06. The van der Waals surface area contributed by atoms with E-state index in [1.807, 2.05) is 41.0 Å². The Morgan fingerprint density at radius 1 is 1.25 bits per heavy atom. The molecule has 0 aliphatic rings. The Hall–Kier alpha value is -1.47. The number of nitrogens with two attached hydrogens (primary N) is 1. The summed E-state index contributed by atoms with van der Waals surface area (Å²) in [4.78, 5) is 4.38. The number of anilines is 1. The fourth-order valence-corrected chi connectivity index (χ4v) is 3.23. The summed E-state index contributed by atoms with van der Waals surface area (Å²) in [5.74, 6) is 1.20. The van der Waals surface area contributed by atoms with Gasteiger partial charge in [-0.2, -0.15) is 0 Å². The predicted octanol–water partition coefficient (Wildman–Crippen LogP) is 3.87. The quantitative estimate of drug-likeness (QED) is 0.666. The highest BCUT2D eigenvalue weighted by Gasteiger charge is 2.13. The zero-order valence-corrected chi connectivity index (χ0v) is 13.5. The molecule has 0 aliphatic carbocycles. The van der Waals surface area contributed by atoms with E-state index in [1.54, 1.807) is 7.11 Å². The van der Waals surface area contributed by atoms with Crippen LogP contribution in [0.2, 0.25) is 5.02 Å². The molecule has 0 saturated heterocycles. The number of benzene rings is 2. The molecule has 3 aromatic rings. The molecule has 3 rings (SSSR count). The number of nitrogen functional groups attached to an aromatic ring is 1. The third-order valence-electron chi connectivity index (χ3n) is 3.04. The van der Waals surface area contributed by atoms with Crippen LogP contribution in [-0.2, 0) is 0 Å². The van der Waals surface area contributed by atoms with Crippen LogP contribution in [0.4, 0.5) is 5.95 Å². The van der Waals surface area contributed by atoms with Gasteiger partial charge in [-0.25, -0.2) is 4.98 Å². The monoisotopic (exact) mass is 399 g/mol. The molecule has 2 aromatic carbocycles. The van der Waals surface area contributed by atoms with E-state index in [0.29, 0.717) is 11.0 Å². The molecule has 20 heavy (non-hydrogen) atoms. The molecule has 0 fully saturated rings. The van der Waals surface area contributed by atoms with Gasteiger partial charge >= 0.3 is 0 Å². The number of ether oxygens (including phenoxy) is 1. The molecule has 1 heterocycles. The molecule has 0 spiro atoms. The first-order valence-corrected chi connectivity index (χ1v) is 7.33. The molecule has 0 saturated carbocycles. The van der Waals surface area contributed by atoms with Crippen molar-refractivity contribution in [3.05, 3.63) is 45.0 Å². The van der Waals surface area contributed by atoms with E-state index < -0.39 is 0 Å². The lowest BCUT2D eigenvalue weighted by Gasteiger charge is -2.10. The molecule has 0 aliphatic heterocycles. The molecule has 2 N–H and O–H groups in total. The van der Waals surface area contributed by atoms with E-state index in [2.05, 4.69) is 27.6 Å². The molecule has 4 nitrogen and oxygen atoms in total. The predicted molar refractivity (Wildman–Crippen MR) is 89.8 cm³/mol. The number of rotatable bonds is 2. The van der Waals surface area contributed by atoms with Gasteiger partial charge in [-0.05, 0) is 52.9 Å². The number of methoxy groups -OCH3 is 1. The Kier molecular flexibility index (Phi) is 3.47. The van der Waals surface area contributed by atoms with E-state index >= 15 is 0 Å². The van der Waals surface area contributed by atoms with Crippen molar-refractivity contribution in [2.75, 3.05) is 12.8 Å². The number of nitrogens with zero attached hydrogens (tertiary/aromatic N) is 2. The first-order chi connectivity index (χ1) is 9.60. The third kappa shape index (κ3) is 2.20. The molecule has 0 unspecified atom stereocenters. The van der Waals surface area contributed by atoms with Crippen LogP contribution < -0.4 is 10.5 Å². The molecular formula is C14H11ClIN3O. The molecule has 102 valence electrons. The highest BCUT2D eigenvalue weighted by Crippen LogP contribution is 2.29. The Morgan fingerprint density at radius 2 is 2.05 bits per heavy atom. The van der Waals surface area contributed by atoms with Gasteiger partial charge in [0.2, 0.25) is 5.95 Å². The normalized spacial score (nSPS) is 10.9. The molecule has 0 atom stereocenters. The summed E-state index contributed by atoms with van der Waals surface area (Å²) in [6.45, 7) is 0. The number of fused-ring (bicyclic) bond motifs is 1. The van der Waals surface area contributed by atoms with Gasteiger partial charge in [0.15, 0.2) is 0 Å². The summed E-state index contributed by atoms with van der Waals surface area (Å²) in [5, 5.41) is 0.693. The van der Waals surface area contributed by atoms with Gasteiger partial charge in [0, 0.05) is 14.7 Å². The van der Waals surface area contributed by atoms with Crippen molar-refractivity contribution in [3.63, 3.8) is 0 Å². The Balaban J connectivity index is 2.31. The fourth-order valence-electron chi connectivity index (χ4n) is 2.12. The van der Waals surface area contributed by atoms with Crippen LogP contribution in [0, 0.1) is 3.57 Å². The van der Waals surface area contributed by atoms with Crippen LogP contribution in [0.3, 0.4) is 0 Å². The smallest absolute Gasteiger partial charge is 0.205 e. The summed E-state index contributed by atoms with van der Waals surface area (Å²) < 4.78 is 8.17. The number of hydrogen-bond donors (Lipinski definition) is 1. The molecule has 0 radical (unpaired) electrons. The first kappa shape index (κ1) is 13.5. The summed E-state index contributed by atoms with van der Waals surface area (Å²) in [7, 11) is 1.64. The van der Waals surface area contributed by atoms with E-state index in [1.165, 1.54) is 0 Å². The topological polar surface area (TPSA) is 53.1 Å². The molecule has 0 bridgehead atoms. The maximum Gasteiger partial charge on any atom is 0.205 e. The Morgan fingerprint density at radius 3 is 2.75 bits per heavy atom. The van der Waals surface area contributed by atoms with Gasteiger partial charge in [0.25, 0.3) is 0 Å². The lowest BCUT2D eigenvalue weighted by molar-refractivity contribution is 0.415. The minimum Gasteiger partial charge on any atom is -0.497 e. The molecule has 6 heteroatoms. The number of imidazole rings is 1. The maximum atomic E-state index is 6.06. The average Bonchev–Trinajstić information content (AvgIpc) is 2.74. The lowest BCUT2D eigenvalue weighted by atomic mass is 10.2. The number of hydrogen-bond acceptors (Lipinski definition) is 3. The van der Waals surface area contributed by atoms with E-state index in [9.17, 15) is 0 Å². The Labute approximate surface area is 134 Å². The molecule has 0 amide bonds. The van der Waals surface area contributed by atoms with Crippen LogP contribution >= 0.6 is 34.2 Å². The standard InChI is InChI=1S/C14H11ClIN3O/c1-20-9-3-4-11-13(7-9)19(14(17)18-11)12-5-2-8(15)6-10(12)16/h2-7H,1H3,(H2,17,18). The minimum atomic E-state index is 0.438. The van der Waals surface area contributed by atoms with E-state index in [-0.39, 0.29) is 0 Å². The first-order valence-electron chi connectivity index (χ1n) is 5.87. The van der Waals surface area contributed by atoms with Crippen LogP contribution in [0.1, 0.15) is 0 Å². The summed E-state index contributed by atoms with van der Waals surface area (Å²) in [5.41, 5.74) is 8.74. The van der Waals surface area contributed by atoms with E-state index in [4.69, 9.17) is 22.1 Å². The second-order valence-corrected chi connectivity index (χ2v) is 5.85. The summed E-state index contributed by atoms with van der Waals surface area (Å²) in [6.07, 6.45) is 0. The lowest BCUT2D eigenvalue weighted by Crippen LogP contribution is -2.02. The van der Waals surface area contributed by atoms with Gasteiger partial charge in [0.05, 0.1) is 23.8 Å². The highest BCUT2D eigenvalue weighted by molar-refractivity contribution is 14.1. The minimum absolute atomic E-state index is 0.438. The van der Waals surface area contributed by atoms with Crippen LogP contribution in [0.5, 0.6) is 5.75 Å². The largest absolute Gasteiger partial charge is 0.497 e. The van der Waals surface area contributed by atoms with Crippen molar-refractivity contribution in [3.8, 4) is 11.4 Å². The average molecular weight is 400 g/mol. The third-order valence-corrected chi connectivity index (χ3v) is 4.14. The van der Waals surface area contributed by atoms with Crippen molar-refractivity contribution in [1.29, 1.82) is 0 Å². The van der Waals surface area contributed by atoms with Crippen molar-refractivity contribution in [1.82, 2.24) is 9.55 Å². The molecule has 1 aromatic heterocycles. The van der Waals surface area contributed by atoms with Crippen LogP contribution in [0.25, 0.3) is 16.7 Å². The number of aromatic nitrogens is 2. The SMILES string of the molecule is COc1ccc2nc(N)n(-c3ccc(Cl)cc3I)c2c1. The number of halogens is 2. The second-order valence-electron chi connectivity index (χ2n) is 4.26. The van der Waals surface area contributed by atoms with Gasteiger partial charge in [-0.15, -0.1) is 0 Å². The fraction of sp³-hybridized carbons (Fsp3) is 0.0714. The van der Waals surface area contributed by atoms with Crippen molar-refractivity contribution in [2.24, 2.45) is 0 Å². The summed E-state index contributed by atoms with van der Waals surface area (Å²) >= 11 is 8.24. The van der Waals surface area contributed by atoms with Gasteiger partial charge in [-0.1, -0.05) is 11.6 Å². The molecular weight excluding hydrogens is 389 g/mol.